The van der Waals surface area contributed by atoms with Crippen LogP contribution in [0.5, 0.6) is 0 Å². The zero-order chi connectivity index (χ0) is 15.7. The topological polar surface area (TPSA) is 47.0 Å². The average molecular weight is 303 g/mol. The first-order valence-electron chi connectivity index (χ1n) is 8.05. The third-order valence-electron chi connectivity index (χ3n) is 4.80. The van der Waals surface area contributed by atoms with E-state index >= 15 is 0 Å². The number of hydrogen-bond donors (Lipinski definition) is 1. The highest BCUT2D eigenvalue weighted by Crippen LogP contribution is 2.22. The van der Waals surface area contributed by atoms with Crippen LogP contribution in [0.25, 0.3) is 0 Å². The molecule has 0 saturated carbocycles. The van der Waals surface area contributed by atoms with Crippen LogP contribution in [0.3, 0.4) is 0 Å². The molecule has 0 spiro atoms. The normalized spacial score (nSPS) is 25.3. The standard InChI is InChI=1S/C17H25N3O2/c1-18(2)15-11-20(12-16(15)21)17(22)13-5-7-14(8-6-13)19-9-3-4-10-19/h5-8,15-16,21H,3-4,9-12H2,1-2H3/t15-,16-/m1/s1. The second-order valence-electron chi connectivity index (χ2n) is 6.55. The first kappa shape index (κ1) is 15.3. The van der Waals surface area contributed by atoms with Gasteiger partial charge in [-0.05, 0) is 51.2 Å². The molecule has 2 heterocycles. The van der Waals surface area contributed by atoms with Crippen LogP contribution in [-0.2, 0) is 0 Å². The van der Waals surface area contributed by atoms with Crippen molar-refractivity contribution in [3.63, 3.8) is 0 Å². The van der Waals surface area contributed by atoms with Crippen LogP contribution in [0, 0.1) is 0 Å². The summed E-state index contributed by atoms with van der Waals surface area (Å²) in [4.78, 5) is 18.7. The van der Waals surface area contributed by atoms with Gasteiger partial charge in [0.05, 0.1) is 12.1 Å². The number of aliphatic hydroxyl groups is 1. The summed E-state index contributed by atoms with van der Waals surface area (Å²) in [6.45, 7) is 3.21. The quantitative estimate of drug-likeness (QED) is 0.906. The van der Waals surface area contributed by atoms with Crippen molar-refractivity contribution in [2.45, 2.75) is 25.0 Å². The van der Waals surface area contributed by atoms with E-state index in [0.29, 0.717) is 18.7 Å². The fourth-order valence-electron chi connectivity index (χ4n) is 3.42. The van der Waals surface area contributed by atoms with Crippen molar-refractivity contribution in [1.29, 1.82) is 0 Å². The summed E-state index contributed by atoms with van der Waals surface area (Å²) in [7, 11) is 3.87. The molecule has 1 aromatic rings. The van der Waals surface area contributed by atoms with Crippen molar-refractivity contribution >= 4 is 11.6 Å². The molecule has 1 N–H and O–H groups in total. The van der Waals surface area contributed by atoms with E-state index in [1.807, 2.05) is 43.3 Å². The molecule has 2 atom stereocenters. The molecule has 0 aromatic heterocycles. The maximum Gasteiger partial charge on any atom is 0.253 e. The van der Waals surface area contributed by atoms with Crippen molar-refractivity contribution < 1.29 is 9.90 Å². The predicted molar refractivity (Wildman–Crippen MR) is 87.3 cm³/mol. The SMILES string of the molecule is CN(C)[C@@H]1CN(C(=O)c2ccc(N3CCCC3)cc2)C[C@H]1O. The number of anilines is 1. The summed E-state index contributed by atoms with van der Waals surface area (Å²) < 4.78 is 0. The van der Waals surface area contributed by atoms with Crippen molar-refractivity contribution in [1.82, 2.24) is 9.80 Å². The van der Waals surface area contributed by atoms with Gasteiger partial charge in [-0.1, -0.05) is 0 Å². The molecule has 0 unspecified atom stereocenters. The van der Waals surface area contributed by atoms with Gasteiger partial charge >= 0.3 is 0 Å². The maximum atomic E-state index is 12.6. The van der Waals surface area contributed by atoms with Crippen LogP contribution in [0.2, 0.25) is 0 Å². The molecule has 2 aliphatic rings. The Kier molecular flexibility index (Phi) is 4.36. The van der Waals surface area contributed by atoms with Crippen LogP contribution in [0.4, 0.5) is 5.69 Å². The summed E-state index contributed by atoms with van der Waals surface area (Å²) in [6, 6.07) is 7.91. The van der Waals surface area contributed by atoms with Crippen molar-refractivity contribution in [3.05, 3.63) is 29.8 Å². The minimum absolute atomic E-state index is 0.0105. The summed E-state index contributed by atoms with van der Waals surface area (Å²) in [5.74, 6) is 0.0105. The number of benzene rings is 1. The van der Waals surface area contributed by atoms with Crippen LogP contribution < -0.4 is 4.90 Å². The number of rotatable bonds is 3. The minimum atomic E-state index is -0.470. The Bertz CT molecular complexity index is 523. The number of likely N-dealkylation sites (N-methyl/N-ethyl adjacent to an activating group) is 1. The zero-order valence-corrected chi connectivity index (χ0v) is 13.4. The number of nitrogens with zero attached hydrogens (tertiary/aromatic N) is 3. The molecule has 2 aliphatic heterocycles. The fourth-order valence-corrected chi connectivity index (χ4v) is 3.42. The van der Waals surface area contributed by atoms with E-state index in [0.717, 1.165) is 13.1 Å². The molecule has 2 fully saturated rings. The number of carbonyl (C=O) groups is 1. The molecule has 0 bridgehead atoms. The highest BCUT2D eigenvalue weighted by molar-refractivity contribution is 5.94. The van der Waals surface area contributed by atoms with E-state index in [2.05, 4.69) is 4.90 Å². The Morgan fingerprint density at radius 1 is 1.14 bits per heavy atom. The van der Waals surface area contributed by atoms with Crippen molar-refractivity contribution in [3.8, 4) is 0 Å². The zero-order valence-electron chi connectivity index (χ0n) is 13.4. The summed E-state index contributed by atoms with van der Waals surface area (Å²) in [5.41, 5.74) is 1.90. The molecule has 0 radical (unpaired) electrons. The van der Waals surface area contributed by atoms with Gasteiger partial charge < -0.3 is 19.8 Å². The van der Waals surface area contributed by atoms with Gasteiger partial charge in [0.2, 0.25) is 0 Å². The monoisotopic (exact) mass is 303 g/mol. The molecule has 5 nitrogen and oxygen atoms in total. The maximum absolute atomic E-state index is 12.6. The largest absolute Gasteiger partial charge is 0.390 e. The van der Waals surface area contributed by atoms with Gasteiger partial charge in [0.25, 0.3) is 5.91 Å². The minimum Gasteiger partial charge on any atom is -0.390 e. The molecule has 22 heavy (non-hydrogen) atoms. The van der Waals surface area contributed by atoms with E-state index in [4.69, 9.17) is 0 Å². The molecule has 2 saturated heterocycles. The van der Waals surface area contributed by atoms with E-state index in [-0.39, 0.29) is 11.9 Å². The van der Waals surface area contributed by atoms with Crippen LogP contribution in [0.15, 0.2) is 24.3 Å². The third-order valence-corrected chi connectivity index (χ3v) is 4.80. The lowest BCUT2D eigenvalue weighted by Crippen LogP contribution is -2.38. The smallest absolute Gasteiger partial charge is 0.253 e. The molecular formula is C17H25N3O2. The number of likely N-dealkylation sites (tertiary alicyclic amines) is 1. The number of carbonyl (C=O) groups excluding carboxylic acids is 1. The first-order chi connectivity index (χ1) is 10.6. The Labute approximate surface area is 132 Å². The third kappa shape index (κ3) is 2.96. The second kappa shape index (κ2) is 6.26. The molecule has 0 aliphatic carbocycles. The first-order valence-corrected chi connectivity index (χ1v) is 8.05. The second-order valence-corrected chi connectivity index (χ2v) is 6.55. The Morgan fingerprint density at radius 3 is 2.32 bits per heavy atom. The molecule has 1 amide bonds. The van der Waals surface area contributed by atoms with Gasteiger partial charge in [0.1, 0.15) is 0 Å². The Balaban J connectivity index is 1.67. The van der Waals surface area contributed by atoms with Gasteiger partial charge in [-0.2, -0.15) is 0 Å². The Hall–Kier alpha value is -1.59. The Morgan fingerprint density at radius 2 is 1.77 bits per heavy atom. The van der Waals surface area contributed by atoms with Gasteiger partial charge in [-0.25, -0.2) is 0 Å². The van der Waals surface area contributed by atoms with Gasteiger partial charge in [0.15, 0.2) is 0 Å². The summed E-state index contributed by atoms with van der Waals surface area (Å²) >= 11 is 0. The van der Waals surface area contributed by atoms with Crippen molar-refractivity contribution in [2.24, 2.45) is 0 Å². The molecule has 1 aromatic carbocycles. The highest BCUT2D eigenvalue weighted by atomic mass is 16.3. The van der Waals surface area contributed by atoms with Crippen LogP contribution >= 0.6 is 0 Å². The van der Waals surface area contributed by atoms with Gasteiger partial charge in [0, 0.05) is 37.4 Å². The van der Waals surface area contributed by atoms with Crippen LogP contribution in [0.1, 0.15) is 23.2 Å². The molecule has 5 heteroatoms. The lowest BCUT2D eigenvalue weighted by atomic mass is 10.1. The number of amides is 1. The molecular weight excluding hydrogens is 278 g/mol. The lowest BCUT2D eigenvalue weighted by molar-refractivity contribution is 0.0764. The predicted octanol–water partition coefficient (Wildman–Crippen LogP) is 1.03. The lowest BCUT2D eigenvalue weighted by Gasteiger charge is -2.22. The fraction of sp³-hybridized carbons (Fsp3) is 0.588. The number of hydrogen-bond acceptors (Lipinski definition) is 4. The van der Waals surface area contributed by atoms with E-state index in [1.165, 1.54) is 18.5 Å². The van der Waals surface area contributed by atoms with Crippen LogP contribution in [-0.4, -0.2) is 73.2 Å². The number of β-amino-alcohol motifs (C(OH)–C–C–N with tert-alkyl or cyclic N) is 1. The molecule has 120 valence electrons. The van der Waals surface area contributed by atoms with Crippen molar-refractivity contribution in [2.75, 3.05) is 45.2 Å². The number of aliphatic hydroxyl groups excluding tert-OH is 1. The average Bonchev–Trinajstić information content (AvgIpc) is 3.16. The van der Waals surface area contributed by atoms with Gasteiger partial charge in [-0.3, -0.25) is 4.79 Å². The van der Waals surface area contributed by atoms with E-state index in [9.17, 15) is 9.90 Å². The van der Waals surface area contributed by atoms with E-state index < -0.39 is 6.10 Å². The molecule has 3 rings (SSSR count). The van der Waals surface area contributed by atoms with E-state index in [1.54, 1.807) is 4.90 Å². The summed E-state index contributed by atoms with van der Waals surface area (Å²) in [5, 5.41) is 10.1. The summed E-state index contributed by atoms with van der Waals surface area (Å²) in [6.07, 6.45) is 2.03. The highest BCUT2D eigenvalue weighted by Gasteiger charge is 2.35. The van der Waals surface area contributed by atoms with Gasteiger partial charge in [-0.15, -0.1) is 0 Å².